The Kier molecular flexibility index (Phi) is 4.41. The van der Waals surface area contributed by atoms with Gasteiger partial charge in [-0.25, -0.2) is 13.8 Å². The molecule has 1 amide bonds. The van der Waals surface area contributed by atoms with Crippen LogP contribution in [-0.2, 0) is 0 Å². The topological polar surface area (TPSA) is 46.9 Å². The summed E-state index contributed by atoms with van der Waals surface area (Å²) in [6.45, 7) is 0. The van der Waals surface area contributed by atoms with Crippen molar-refractivity contribution < 1.29 is 13.6 Å². The number of anilines is 1. The molecule has 1 saturated carbocycles. The quantitative estimate of drug-likeness (QED) is 0.713. The van der Waals surface area contributed by atoms with E-state index in [0.29, 0.717) is 5.95 Å². The van der Waals surface area contributed by atoms with Crippen LogP contribution in [0.1, 0.15) is 48.5 Å². The first kappa shape index (κ1) is 16.7. The number of nitrogens with zero attached hydrogens (tertiary/aromatic N) is 2. The van der Waals surface area contributed by atoms with Gasteiger partial charge < -0.3 is 4.57 Å². The van der Waals surface area contributed by atoms with E-state index in [1.807, 2.05) is 28.8 Å². The third-order valence-electron chi connectivity index (χ3n) is 4.95. The third-order valence-corrected chi connectivity index (χ3v) is 4.95. The van der Waals surface area contributed by atoms with Crippen molar-refractivity contribution in [2.45, 2.75) is 38.1 Å². The SMILES string of the molecule is O=C(Nc1nc2ccccc2n1C1CCCCC1)c1c(F)cccc1F. The summed E-state index contributed by atoms with van der Waals surface area (Å²) in [4.78, 5) is 17.0. The number of benzene rings is 2. The molecule has 3 aromatic rings. The lowest BCUT2D eigenvalue weighted by Gasteiger charge is -2.25. The van der Waals surface area contributed by atoms with Crippen molar-refractivity contribution in [3.63, 3.8) is 0 Å². The van der Waals surface area contributed by atoms with Crippen LogP contribution >= 0.6 is 0 Å². The van der Waals surface area contributed by atoms with E-state index in [1.54, 1.807) is 0 Å². The Hall–Kier alpha value is -2.76. The van der Waals surface area contributed by atoms with E-state index in [9.17, 15) is 13.6 Å². The van der Waals surface area contributed by atoms with E-state index in [1.165, 1.54) is 12.5 Å². The average Bonchev–Trinajstić information content (AvgIpc) is 3.00. The first-order valence-corrected chi connectivity index (χ1v) is 8.87. The molecular weight excluding hydrogens is 336 g/mol. The maximum atomic E-state index is 13.9. The molecule has 0 bridgehead atoms. The number of aromatic nitrogens is 2. The highest BCUT2D eigenvalue weighted by Gasteiger charge is 2.24. The van der Waals surface area contributed by atoms with Crippen molar-refractivity contribution in [3.05, 3.63) is 59.7 Å². The van der Waals surface area contributed by atoms with Gasteiger partial charge in [-0.2, -0.15) is 0 Å². The van der Waals surface area contributed by atoms with Crippen LogP contribution in [0, 0.1) is 11.6 Å². The minimum absolute atomic E-state index is 0.219. The lowest BCUT2D eigenvalue weighted by molar-refractivity contribution is 0.101. The lowest BCUT2D eigenvalue weighted by Crippen LogP contribution is -2.21. The Morgan fingerprint density at radius 2 is 1.69 bits per heavy atom. The molecule has 1 aromatic heterocycles. The zero-order chi connectivity index (χ0) is 18.1. The van der Waals surface area contributed by atoms with E-state index < -0.39 is 23.1 Å². The number of nitrogens with one attached hydrogen (secondary N) is 1. The maximum absolute atomic E-state index is 13.9. The van der Waals surface area contributed by atoms with E-state index in [0.717, 1.165) is 48.8 Å². The zero-order valence-corrected chi connectivity index (χ0v) is 14.2. The van der Waals surface area contributed by atoms with E-state index in [2.05, 4.69) is 10.3 Å². The Balaban J connectivity index is 1.75. The molecule has 1 aliphatic carbocycles. The molecule has 1 heterocycles. The third kappa shape index (κ3) is 2.96. The van der Waals surface area contributed by atoms with E-state index in [4.69, 9.17) is 0 Å². The van der Waals surface area contributed by atoms with Gasteiger partial charge in [0.1, 0.15) is 17.2 Å². The second kappa shape index (κ2) is 6.86. The molecule has 4 nitrogen and oxygen atoms in total. The highest BCUT2D eigenvalue weighted by molar-refractivity contribution is 6.04. The Morgan fingerprint density at radius 1 is 1.00 bits per heavy atom. The van der Waals surface area contributed by atoms with Crippen molar-refractivity contribution in [2.24, 2.45) is 0 Å². The van der Waals surface area contributed by atoms with Crippen LogP contribution in [0.5, 0.6) is 0 Å². The average molecular weight is 355 g/mol. The number of rotatable bonds is 3. The number of para-hydroxylation sites is 2. The molecule has 1 N–H and O–H groups in total. The molecule has 0 aliphatic heterocycles. The summed E-state index contributed by atoms with van der Waals surface area (Å²) in [5.41, 5.74) is 1.08. The van der Waals surface area contributed by atoms with Crippen molar-refractivity contribution in [2.75, 3.05) is 5.32 Å². The lowest BCUT2D eigenvalue weighted by atomic mass is 9.95. The summed E-state index contributed by atoms with van der Waals surface area (Å²) in [7, 11) is 0. The number of hydrogen-bond donors (Lipinski definition) is 1. The molecule has 26 heavy (non-hydrogen) atoms. The van der Waals surface area contributed by atoms with Gasteiger partial charge in [-0.15, -0.1) is 0 Å². The zero-order valence-electron chi connectivity index (χ0n) is 14.2. The Labute approximate surface area is 149 Å². The normalized spacial score (nSPS) is 15.3. The van der Waals surface area contributed by atoms with Crippen molar-refractivity contribution in [1.29, 1.82) is 0 Å². The number of halogens is 2. The molecule has 0 unspecified atom stereocenters. The van der Waals surface area contributed by atoms with Gasteiger partial charge in [-0.05, 0) is 37.1 Å². The van der Waals surface area contributed by atoms with Crippen molar-refractivity contribution in [1.82, 2.24) is 9.55 Å². The van der Waals surface area contributed by atoms with Gasteiger partial charge in [0.05, 0.1) is 11.0 Å². The standard InChI is InChI=1S/C20H19F2N3O/c21-14-9-6-10-15(22)18(14)19(26)24-20-23-16-11-4-5-12-17(16)25(20)13-7-2-1-3-8-13/h4-6,9-13H,1-3,7-8H2,(H,23,24,26). The van der Waals surface area contributed by atoms with E-state index >= 15 is 0 Å². The molecule has 0 spiro atoms. The number of imidazole rings is 1. The fourth-order valence-corrected chi connectivity index (χ4v) is 3.72. The van der Waals surface area contributed by atoms with Crippen LogP contribution < -0.4 is 5.32 Å². The first-order chi connectivity index (χ1) is 12.6. The predicted molar refractivity (Wildman–Crippen MR) is 96.2 cm³/mol. The molecule has 1 fully saturated rings. The van der Waals surface area contributed by atoms with Crippen molar-refractivity contribution in [3.8, 4) is 0 Å². The Bertz CT molecular complexity index is 941. The number of hydrogen-bond acceptors (Lipinski definition) is 2. The van der Waals surface area contributed by atoms with Crippen LogP contribution in [0.3, 0.4) is 0 Å². The minimum atomic E-state index is -0.886. The molecule has 4 rings (SSSR count). The van der Waals surface area contributed by atoms with Crippen LogP contribution in [0.2, 0.25) is 0 Å². The number of amides is 1. The highest BCUT2D eigenvalue weighted by atomic mass is 19.1. The smallest absolute Gasteiger partial charge is 0.263 e. The fraction of sp³-hybridized carbons (Fsp3) is 0.300. The fourth-order valence-electron chi connectivity index (χ4n) is 3.72. The molecule has 0 radical (unpaired) electrons. The number of carbonyl (C=O) groups is 1. The molecular formula is C20H19F2N3O. The molecule has 0 atom stereocenters. The summed E-state index contributed by atoms with van der Waals surface area (Å²) >= 11 is 0. The summed E-state index contributed by atoms with van der Waals surface area (Å²) in [6.07, 6.45) is 5.43. The largest absolute Gasteiger partial charge is 0.307 e. The predicted octanol–water partition coefficient (Wildman–Crippen LogP) is 5.07. The van der Waals surface area contributed by atoms with Crippen LogP contribution in [0.15, 0.2) is 42.5 Å². The van der Waals surface area contributed by atoms with E-state index in [-0.39, 0.29) is 6.04 Å². The van der Waals surface area contributed by atoms with Crippen LogP contribution in [-0.4, -0.2) is 15.5 Å². The molecule has 6 heteroatoms. The summed E-state index contributed by atoms with van der Waals surface area (Å²) in [5, 5.41) is 2.63. The van der Waals surface area contributed by atoms with Gasteiger partial charge in [0.25, 0.3) is 5.91 Å². The number of fused-ring (bicyclic) bond motifs is 1. The second-order valence-electron chi connectivity index (χ2n) is 6.64. The van der Waals surface area contributed by atoms with Crippen LogP contribution in [0.25, 0.3) is 11.0 Å². The molecule has 1 aliphatic rings. The highest BCUT2D eigenvalue weighted by Crippen LogP contribution is 2.34. The monoisotopic (exact) mass is 355 g/mol. The summed E-state index contributed by atoms with van der Waals surface area (Å²) in [6, 6.07) is 11.2. The van der Waals surface area contributed by atoms with Gasteiger partial charge >= 0.3 is 0 Å². The van der Waals surface area contributed by atoms with Gasteiger partial charge in [0.2, 0.25) is 5.95 Å². The number of carbonyl (C=O) groups excluding carboxylic acids is 1. The van der Waals surface area contributed by atoms with Gasteiger partial charge in [-0.3, -0.25) is 10.1 Å². The Morgan fingerprint density at radius 3 is 2.42 bits per heavy atom. The molecule has 0 saturated heterocycles. The van der Waals surface area contributed by atoms with Gasteiger partial charge in [-0.1, -0.05) is 37.5 Å². The summed E-state index contributed by atoms with van der Waals surface area (Å²) in [5.74, 6) is -2.26. The van der Waals surface area contributed by atoms with Crippen LogP contribution in [0.4, 0.5) is 14.7 Å². The minimum Gasteiger partial charge on any atom is -0.307 e. The second-order valence-corrected chi connectivity index (χ2v) is 6.64. The first-order valence-electron chi connectivity index (χ1n) is 8.87. The van der Waals surface area contributed by atoms with Gasteiger partial charge in [0.15, 0.2) is 0 Å². The van der Waals surface area contributed by atoms with Gasteiger partial charge in [0, 0.05) is 6.04 Å². The maximum Gasteiger partial charge on any atom is 0.263 e. The summed E-state index contributed by atoms with van der Waals surface area (Å²) < 4.78 is 29.9. The molecule has 134 valence electrons. The molecule has 2 aromatic carbocycles. The van der Waals surface area contributed by atoms with Crippen molar-refractivity contribution >= 4 is 22.9 Å².